The lowest BCUT2D eigenvalue weighted by molar-refractivity contribution is 0.0947. The molecule has 0 heterocycles. The van der Waals surface area contributed by atoms with E-state index in [1.165, 1.54) is 19.3 Å². The Morgan fingerprint density at radius 3 is 2.74 bits per heavy atom. The summed E-state index contributed by atoms with van der Waals surface area (Å²) in [4.78, 5) is 12.1. The highest BCUT2D eigenvalue weighted by Gasteiger charge is 2.21. The molecule has 104 valence electrons. The highest BCUT2D eigenvalue weighted by Crippen LogP contribution is 2.29. The van der Waals surface area contributed by atoms with Crippen molar-refractivity contribution in [3.05, 3.63) is 29.3 Å². The van der Waals surface area contributed by atoms with Crippen LogP contribution in [0.15, 0.2) is 18.2 Å². The molecule has 2 atom stereocenters. The van der Waals surface area contributed by atoms with E-state index in [0.29, 0.717) is 5.92 Å². The lowest BCUT2D eigenvalue weighted by Crippen LogP contribution is -2.28. The molecule has 0 radical (unpaired) electrons. The van der Waals surface area contributed by atoms with Crippen LogP contribution in [0.3, 0.4) is 0 Å². The first kappa shape index (κ1) is 13.9. The van der Waals surface area contributed by atoms with Crippen molar-refractivity contribution in [2.45, 2.75) is 33.1 Å². The van der Waals surface area contributed by atoms with E-state index in [-0.39, 0.29) is 5.91 Å². The summed E-state index contributed by atoms with van der Waals surface area (Å²) in [5, 5.41) is 6.18. The Morgan fingerprint density at radius 1 is 1.37 bits per heavy atom. The van der Waals surface area contributed by atoms with Gasteiger partial charge in [0.15, 0.2) is 0 Å². The van der Waals surface area contributed by atoms with Gasteiger partial charge >= 0.3 is 0 Å². The Morgan fingerprint density at radius 2 is 2.16 bits per heavy atom. The molecule has 2 N–H and O–H groups in total. The molecule has 1 aliphatic rings. The second kappa shape index (κ2) is 6.09. The first-order chi connectivity index (χ1) is 9.10. The maximum Gasteiger partial charge on any atom is 0.251 e. The van der Waals surface area contributed by atoms with Crippen molar-refractivity contribution < 1.29 is 4.79 Å². The Balaban J connectivity index is 1.91. The highest BCUT2D eigenvalue weighted by atomic mass is 16.1. The molecule has 1 fully saturated rings. The fraction of sp³-hybridized carbons (Fsp3) is 0.562. The SMILES string of the molecule is CNc1ccc(C(=O)NCC2CCC(C)C2)cc1C. The Hall–Kier alpha value is -1.51. The van der Waals surface area contributed by atoms with Crippen LogP contribution < -0.4 is 10.6 Å². The highest BCUT2D eigenvalue weighted by molar-refractivity contribution is 5.94. The smallest absolute Gasteiger partial charge is 0.251 e. The van der Waals surface area contributed by atoms with E-state index in [2.05, 4.69) is 17.6 Å². The van der Waals surface area contributed by atoms with E-state index in [4.69, 9.17) is 0 Å². The largest absolute Gasteiger partial charge is 0.388 e. The second-order valence-electron chi connectivity index (χ2n) is 5.77. The molecule has 2 rings (SSSR count). The number of hydrogen-bond acceptors (Lipinski definition) is 2. The second-order valence-corrected chi connectivity index (χ2v) is 5.77. The summed E-state index contributed by atoms with van der Waals surface area (Å²) in [7, 11) is 1.89. The number of carbonyl (C=O) groups is 1. The van der Waals surface area contributed by atoms with E-state index < -0.39 is 0 Å². The Labute approximate surface area is 115 Å². The van der Waals surface area contributed by atoms with Crippen LogP contribution in [0.2, 0.25) is 0 Å². The quantitative estimate of drug-likeness (QED) is 0.873. The van der Waals surface area contributed by atoms with Crippen molar-refractivity contribution >= 4 is 11.6 Å². The Kier molecular flexibility index (Phi) is 4.46. The molecule has 3 nitrogen and oxygen atoms in total. The molecule has 0 spiro atoms. The molecular weight excluding hydrogens is 236 g/mol. The lowest BCUT2D eigenvalue weighted by Gasteiger charge is -2.12. The third kappa shape index (κ3) is 3.49. The van der Waals surface area contributed by atoms with Crippen LogP contribution in [0.25, 0.3) is 0 Å². The number of carbonyl (C=O) groups excluding carboxylic acids is 1. The van der Waals surface area contributed by atoms with Gasteiger partial charge in [-0.1, -0.05) is 13.3 Å². The van der Waals surface area contributed by atoms with E-state index >= 15 is 0 Å². The van der Waals surface area contributed by atoms with E-state index in [1.54, 1.807) is 0 Å². The number of nitrogens with one attached hydrogen (secondary N) is 2. The molecule has 1 aromatic rings. The standard InChI is InChI=1S/C16H24N2O/c1-11-4-5-13(8-11)10-18-16(19)14-6-7-15(17-3)12(2)9-14/h6-7,9,11,13,17H,4-5,8,10H2,1-3H3,(H,18,19). The van der Waals surface area contributed by atoms with Crippen LogP contribution >= 0.6 is 0 Å². The topological polar surface area (TPSA) is 41.1 Å². The maximum absolute atomic E-state index is 12.1. The minimum absolute atomic E-state index is 0.0466. The van der Waals surface area contributed by atoms with Gasteiger partial charge in [-0.2, -0.15) is 0 Å². The van der Waals surface area contributed by atoms with Crippen molar-refractivity contribution in [3.63, 3.8) is 0 Å². The van der Waals surface area contributed by atoms with Crippen LogP contribution in [0.1, 0.15) is 42.1 Å². The first-order valence-corrected chi connectivity index (χ1v) is 7.16. The zero-order chi connectivity index (χ0) is 13.8. The number of rotatable bonds is 4. The predicted molar refractivity (Wildman–Crippen MR) is 79.6 cm³/mol. The number of anilines is 1. The Bertz CT molecular complexity index is 456. The number of aryl methyl sites for hydroxylation is 1. The average molecular weight is 260 g/mol. The normalized spacial score (nSPS) is 22.3. The molecule has 0 bridgehead atoms. The van der Waals surface area contributed by atoms with E-state index in [9.17, 15) is 4.79 Å². The predicted octanol–water partition coefficient (Wildman–Crippen LogP) is 3.20. The van der Waals surface area contributed by atoms with Gasteiger partial charge in [0.2, 0.25) is 0 Å². The van der Waals surface area contributed by atoms with E-state index in [1.807, 2.05) is 32.2 Å². The zero-order valence-electron chi connectivity index (χ0n) is 12.1. The number of hydrogen-bond donors (Lipinski definition) is 2. The third-order valence-electron chi connectivity index (χ3n) is 4.11. The average Bonchev–Trinajstić information content (AvgIpc) is 2.81. The third-order valence-corrected chi connectivity index (χ3v) is 4.11. The molecule has 19 heavy (non-hydrogen) atoms. The molecular formula is C16H24N2O. The van der Waals surface area contributed by atoms with Crippen LogP contribution in [-0.2, 0) is 0 Å². The van der Waals surface area contributed by atoms with Gasteiger partial charge in [0.1, 0.15) is 0 Å². The summed E-state index contributed by atoms with van der Waals surface area (Å²) in [6.45, 7) is 5.12. The van der Waals surface area contributed by atoms with Gasteiger partial charge in [0.05, 0.1) is 0 Å². The number of benzene rings is 1. The van der Waals surface area contributed by atoms with Crippen molar-refractivity contribution in [3.8, 4) is 0 Å². The summed E-state index contributed by atoms with van der Waals surface area (Å²) in [6.07, 6.45) is 3.80. The fourth-order valence-electron chi connectivity index (χ4n) is 2.93. The van der Waals surface area contributed by atoms with Gasteiger partial charge in [-0.05, 0) is 55.4 Å². The fourth-order valence-corrected chi connectivity index (χ4v) is 2.93. The molecule has 0 aromatic heterocycles. The van der Waals surface area contributed by atoms with E-state index in [0.717, 1.165) is 29.3 Å². The van der Waals surface area contributed by atoms with Gasteiger partial charge in [0.25, 0.3) is 5.91 Å². The molecule has 1 aromatic carbocycles. The van der Waals surface area contributed by atoms with Gasteiger partial charge in [-0.3, -0.25) is 4.79 Å². The first-order valence-electron chi connectivity index (χ1n) is 7.16. The van der Waals surface area contributed by atoms with Crippen LogP contribution in [-0.4, -0.2) is 19.5 Å². The van der Waals surface area contributed by atoms with Crippen LogP contribution in [0.4, 0.5) is 5.69 Å². The monoisotopic (exact) mass is 260 g/mol. The van der Waals surface area contributed by atoms with Gasteiger partial charge in [-0.15, -0.1) is 0 Å². The molecule has 3 heteroatoms. The molecule has 0 saturated heterocycles. The molecule has 1 amide bonds. The lowest BCUT2D eigenvalue weighted by atomic mass is 10.1. The summed E-state index contributed by atoms with van der Waals surface area (Å²) in [6, 6.07) is 5.78. The summed E-state index contributed by atoms with van der Waals surface area (Å²) in [5.74, 6) is 1.53. The summed E-state index contributed by atoms with van der Waals surface area (Å²) in [5.41, 5.74) is 2.92. The van der Waals surface area contributed by atoms with Crippen LogP contribution in [0, 0.1) is 18.8 Å². The minimum Gasteiger partial charge on any atom is -0.388 e. The van der Waals surface area contributed by atoms with Crippen molar-refractivity contribution in [1.82, 2.24) is 5.32 Å². The van der Waals surface area contributed by atoms with Gasteiger partial charge in [-0.25, -0.2) is 0 Å². The van der Waals surface area contributed by atoms with Crippen molar-refractivity contribution in [2.75, 3.05) is 18.9 Å². The van der Waals surface area contributed by atoms with Gasteiger partial charge in [0, 0.05) is 24.8 Å². The molecule has 0 aliphatic heterocycles. The number of amides is 1. The molecule has 1 aliphatic carbocycles. The molecule has 2 unspecified atom stereocenters. The summed E-state index contributed by atoms with van der Waals surface area (Å²) >= 11 is 0. The van der Waals surface area contributed by atoms with Crippen LogP contribution in [0.5, 0.6) is 0 Å². The van der Waals surface area contributed by atoms with Crippen molar-refractivity contribution in [2.24, 2.45) is 11.8 Å². The molecule has 1 saturated carbocycles. The maximum atomic E-state index is 12.1. The summed E-state index contributed by atoms with van der Waals surface area (Å²) < 4.78 is 0. The minimum atomic E-state index is 0.0466. The van der Waals surface area contributed by atoms with Crippen molar-refractivity contribution in [1.29, 1.82) is 0 Å². The zero-order valence-corrected chi connectivity index (χ0v) is 12.1. The van der Waals surface area contributed by atoms with Gasteiger partial charge < -0.3 is 10.6 Å².